The van der Waals surface area contributed by atoms with Crippen molar-refractivity contribution >= 4 is 23.2 Å². The summed E-state index contributed by atoms with van der Waals surface area (Å²) in [5.41, 5.74) is 1.37. The maximum absolute atomic E-state index is 12.3. The molecule has 0 aliphatic carbocycles. The Morgan fingerprint density at radius 2 is 2.26 bits per heavy atom. The van der Waals surface area contributed by atoms with Crippen LogP contribution in [-0.2, 0) is 16.6 Å². The monoisotopic (exact) mass is 314 g/mol. The predicted octanol–water partition coefficient (Wildman–Crippen LogP) is 1.42. The van der Waals surface area contributed by atoms with Gasteiger partial charge in [0.1, 0.15) is 5.75 Å². The van der Waals surface area contributed by atoms with Crippen molar-refractivity contribution in [3.05, 3.63) is 36.7 Å². The number of amides is 2. The van der Waals surface area contributed by atoms with Crippen molar-refractivity contribution in [2.24, 2.45) is 13.0 Å². The average Bonchev–Trinajstić information content (AvgIpc) is 3.13. The highest BCUT2D eigenvalue weighted by molar-refractivity contribution is 6.03. The van der Waals surface area contributed by atoms with Gasteiger partial charge in [-0.15, -0.1) is 0 Å². The molecule has 7 heteroatoms. The highest BCUT2D eigenvalue weighted by atomic mass is 16.5. The summed E-state index contributed by atoms with van der Waals surface area (Å²) in [5.74, 6) is 0.0637. The minimum atomic E-state index is -0.381. The third-order valence-corrected chi connectivity index (χ3v) is 3.83. The maximum Gasteiger partial charge on any atom is 0.229 e. The number of hydrogen-bond acceptors (Lipinski definition) is 4. The molecule has 1 atom stereocenters. The van der Waals surface area contributed by atoms with E-state index in [1.807, 2.05) is 18.2 Å². The van der Waals surface area contributed by atoms with Crippen molar-refractivity contribution in [1.82, 2.24) is 9.78 Å². The van der Waals surface area contributed by atoms with Gasteiger partial charge in [0.25, 0.3) is 0 Å². The molecular weight excluding hydrogens is 296 g/mol. The van der Waals surface area contributed by atoms with Gasteiger partial charge < -0.3 is 15.0 Å². The molecule has 2 amide bonds. The lowest BCUT2D eigenvalue weighted by molar-refractivity contribution is -0.122. The fourth-order valence-electron chi connectivity index (χ4n) is 2.64. The van der Waals surface area contributed by atoms with Crippen molar-refractivity contribution in [2.75, 3.05) is 23.9 Å². The van der Waals surface area contributed by atoms with Crippen LogP contribution in [0, 0.1) is 5.92 Å². The molecular formula is C16H18N4O3. The van der Waals surface area contributed by atoms with E-state index in [1.54, 1.807) is 42.2 Å². The molecule has 2 aromatic rings. The van der Waals surface area contributed by atoms with E-state index >= 15 is 0 Å². The number of nitrogens with zero attached hydrogens (tertiary/aromatic N) is 3. The normalized spacial score (nSPS) is 17.4. The van der Waals surface area contributed by atoms with Crippen molar-refractivity contribution in [2.45, 2.75) is 6.42 Å². The van der Waals surface area contributed by atoms with Gasteiger partial charge >= 0.3 is 0 Å². The molecule has 1 aromatic heterocycles. The highest BCUT2D eigenvalue weighted by Gasteiger charge is 2.35. The zero-order valence-electron chi connectivity index (χ0n) is 13.0. The molecule has 1 unspecified atom stereocenters. The Morgan fingerprint density at radius 1 is 1.43 bits per heavy atom. The number of aromatic nitrogens is 2. The Bertz CT molecular complexity index is 740. The molecule has 1 aliphatic heterocycles. The van der Waals surface area contributed by atoms with Crippen LogP contribution in [-0.4, -0.2) is 35.2 Å². The number of anilines is 2. The van der Waals surface area contributed by atoms with E-state index in [1.165, 1.54) is 0 Å². The summed E-state index contributed by atoms with van der Waals surface area (Å²) in [6, 6.07) is 7.27. The fourth-order valence-corrected chi connectivity index (χ4v) is 2.64. The lowest BCUT2D eigenvalue weighted by atomic mass is 10.1. The quantitative estimate of drug-likeness (QED) is 0.926. The van der Waals surface area contributed by atoms with Crippen LogP contribution >= 0.6 is 0 Å². The molecule has 0 spiro atoms. The molecule has 0 saturated carbocycles. The summed E-state index contributed by atoms with van der Waals surface area (Å²) >= 11 is 0. The van der Waals surface area contributed by atoms with E-state index in [9.17, 15) is 9.59 Å². The number of carbonyl (C=O) groups is 2. The van der Waals surface area contributed by atoms with E-state index in [-0.39, 0.29) is 24.2 Å². The number of hydrogen-bond donors (Lipinski definition) is 1. The molecule has 23 heavy (non-hydrogen) atoms. The van der Waals surface area contributed by atoms with Gasteiger partial charge in [0.2, 0.25) is 11.8 Å². The number of carbonyl (C=O) groups excluding carboxylic acids is 2. The Hall–Kier alpha value is -2.83. The van der Waals surface area contributed by atoms with Gasteiger partial charge in [0.05, 0.1) is 24.9 Å². The van der Waals surface area contributed by atoms with Gasteiger partial charge in [-0.3, -0.25) is 14.3 Å². The summed E-state index contributed by atoms with van der Waals surface area (Å²) in [7, 11) is 3.36. The molecule has 1 aliphatic rings. The van der Waals surface area contributed by atoms with Crippen LogP contribution in [0.5, 0.6) is 5.75 Å². The number of benzene rings is 1. The first kappa shape index (κ1) is 15.1. The van der Waals surface area contributed by atoms with E-state index < -0.39 is 0 Å². The topological polar surface area (TPSA) is 76.5 Å². The Kier molecular flexibility index (Phi) is 4.01. The van der Waals surface area contributed by atoms with E-state index in [4.69, 9.17) is 4.74 Å². The minimum Gasteiger partial charge on any atom is -0.497 e. The SMILES string of the molecule is COc1cccc(N2CC(C(=O)Nc3cnn(C)c3)CC2=O)c1. The Labute approximate surface area is 133 Å². The summed E-state index contributed by atoms with van der Waals surface area (Å²) in [6.45, 7) is 0.359. The van der Waals surface area contributed by atoms with Crippen LogP contribution in [0.15, 0.2) is 36.7 Å². The van der Waals surface area contributed by atoms with Crippen molar-refractivity contribution in [3.8, 4) is 5.75 Å². The lowest BCUT2D eigenvalue weighted by Gasteiger charge is -2.17. The first-order chi connectivity index (χ1) is 11.1. The van der Waals surface area contributed by atoms with Gasteiger partial charge in [-0.2, -0.15) is 5.10 Å². The van der Waals surface area contributed by atoms with Crippen LogP contribution in [0.2, 0.25) is 0 Å². The van der Waals surface area contributed by atoms with Gasteiger partial charge in [0.15, 0.2) is 0 Å². The average molecular weight is 314 g/mol. The number of methoxy groups -OCH3 is 1. The summed E-state index contributed by atoms with van der Waals surface area (Å²) in [4.78, 5) is 26.2. The number of aryl methyl sites for hydroxylation is 1. The van der Waals surface area contributed by atoms with Gasteiger partial charge in [-0.05, 0) is 12.1 Å². The van der Waals surface area contributed by atoms with Gasteiger partial charge in [0, 0.05) is 38.0 Å². The second kappa shape index (κ2) is 6.12. The van der Waals surface area contributed by atoms with Crippen LogP contribution in [0.1, 0.15) is 6.42 Å². The number of nitrogens with one attached hydrogen (secondary N) is 1. The van der Waals surface area contributed by atoms with Crippen molar-refractivity contribution < 1.29 is 14.3 Å². The summed E-state index contributed by atoms with van der Waals surface area (Å²) in [6.07, 6.45) is 3.49. The first-order valence-electron chi connectivity index (χ1n) is 7.31. The highest BCUT2D eigenvalue weighted by Crippen LogP contribution is 2.28. The van der Waals surface area contributed by atoms with Crippen molar-refractivity contribution in [1.29, 1.82) is 0 Å². The third-order valence-electron chi connectivity index (χ3n) is 3.83. The zero-order chi connectivity index (χ0) is 16.4. The molecule has 1 aromatic carbocycles. The predicted molar refractivity (Wildman–Crippen MR) is 85.3 cm³/mol. The standard InChI is InChI=1S/C16H18N4O3/c1-19-10-12(8-17-19)18-16(22)11-6-15(21)20(9-11)13-4-3-5-14(7-13)23-2/h3-5,7-8,10-11H,6,9H2,1-2H3,(H,18,22). The Balaban J connectivity index is 1.70. The second-order valence-electron chi connectivity index (χ2n) is 5.50. The molecule has 1 fully saturated rings. The molecule has 0 bridgehead atoms. The zero-order valence-corrected chi connectivity index (χ0v) is 13.0. The second-order valence-corrected chi connectivity index (χ2v) is 5.50. The lowest BCUT2D eigenvalue weighted by Crippen LogP contribution is -2.28. The van der Waals surface area contributed by atoms with Gasteiger partial charge in [-0.25, -0.2) is 0 Å². The molecule has 2 heterocycles. The van der Waals surface area contributed by atoms with E-state index in [0.29, 0.717) is 18.0 Å². The van der Waals surface area contributed by atoms with E-state index in [0.717, 1.165) is 5.69 Å². The van der Waals surface area contributed by atoms with Crippen LogP contribution in [0.3, 0.4) is 0 Å². The van der Waals surface area contributed by atoms with E-state index in [2.05, 4.69) is 10.4 Å². The molecule has 120 valence electrons. The van der Waals surface area contributed by atoms with Crippen molar-refractivity contribution in [3.63, 3.8) is 0 Å². The van der Waals surface area contributed by atoms with Gasteiger partial charge in [-0.1, -0.05) is 6.07 Å². The van der Waals surface area contributed by atoms with Crippen LogP contribution < -0.4 is 15.0 Å². The van der Waals surface area contributed by atoms with Crippen LogP contribution in [0.4, 0.5) is 11.4 Å². The summed E-state index contributed by atoms with van der Waals surface area (Å²) < 4.78 is 6.79. The fraction of sp³-hybridized carbons (Fsp3) is 0.312. The van der Waals surface area contributed by atoms with Crippen LogP contribution in [0.25, 0.3) is 0 Å². The number of rotatable bonds is 4. The first-order valence-corrected chi connectivity index (χ1v) is 7.31. The molecule has 1 saturated heterocycles. The molecule has 3 rings (SSSR count). The Morgan fingerprint density at radius 3 is 2.96 bits per heavy atom. The smallest absolute Gasteiger partial charge is 0.229 e. The molecule has 7 nitrogen and oxygen atoms in total. The minimum absolute atomic E-state index is 0.0652. The molecule has 0 radical (unpaired) electrons. The third kappa shape index (κ3) is 3.18. The summed E-state index contributed by atoms with van der Waals surface area (Å²) in [5, 5.41) is 6.80. The molecule has 1 N–H and O–H groups in total. The maximum atomic E-state index is 12.3. The number of ether oxygens (including phenoxy) is 1. The largest absolute Gasteiger partial charge is 0.497 e.